The van der Waals surface area contributed by atoms with Gasteiger partial charge in [0, 0.05) is 12.1 Å². The second kappa shape index (κ2) is 7.78. The summed E-state index contributed by atoms with van der Waals surface area (Å²) in [4.78, 5) is 23.5. The molecule has 0 spiro atoms. The molecular weight excluding hydrogens is 268 g/mol. The SMILES string of the molecule is CC(C)(C)CC(CC(=O)O)NC(=O)C1CCCCCC1N. The smallest absolute Gasteiger partial charge is 0.305 e. The molecule has 1 aliphatic carbocycles. The number of carbonyl (C=O) groups excluding carboxylic acids is 1. The van der Waals surface area contributed by atoms with Crippen molar-refractivity contribution in [3.8, 4) is 0 Å². The van der Waals surface area contributed by atoms with Crippen LogP contribution < -0.4 is 11.1 Å². The Balaban J connectivity index is 2.67. The molecule has 21 heavy (non-hydrogen) atoms. The topological polar surface area (TPSA) is 92.4 Å². The van der Waals surface area contributed by atoms with Crippen LogP contribution in [-0.2, 0) is 9.59 Å². The van der Waals surface area contributed by atoms with Crippen LogP contribution in [0.2, 0.25) is 0 Å². The van der Waals surface area contributed by atoms with Gasteiger partial charge in [-0.2, -0.15) is 0 Å². The monoisotopic (exact) mass is 298 g/mol. The zero-order valence-corrected chi connectivity index (χ0v) is 13.5. The lowest BCUT2D eigenvalue weighted by Gasteiger charge is -2.28. The van der Waals surface area contributed by atoms with E-state index in [4.69, 9.17) is 10.8 Å². The third-order valence-corrected chi connectivity index (χ3v) is 4.03. The molecule has 122 valence electrons. The first-order chi connectivity index (χ1) is 9.69. The second-order valence-electron chi connectivity index (χ2n) is 7.48. The molecule has 1 rings (SSSR count). The summed E-state index contributed by atoms with van der Waals surface area (Å²) in [7, 11) is 0. The lowest BCUT2D eigenvalue weighted by molar-refractivity contribution is -0.138. The number of nitrogens with two attached hydrogens (primary N) is 1. The van der Waals surface area contributed by atoms with Gasteiger partial charge in [0.25, 0.3) is 0 Å². The minimum absolute atomic E-state index is 0.0288. The van der Waals surface area contributed by atoms with Crippen molar-refractivity contribution < 1.29 is 14.7 Å². The fraction of sp³-hybridized carbons (Fsp3) is 0.875. The van der Waals surface area contributed by atoms with Crippen LogP contribution in [0.5, 0.6) is 0 Å². The molecule has 0 aromatic rings. The summed E-state index contributed by atoms with van der Waals surface area (Å²) >= 11 is 0. The number of nitrogens with one attached hydrogen (secondary N) is 1. The van der Waals surface area contributed by atoms with Crippen LogP contribution in [0.15, 0.2) is 0 Å². The fourth-order valence-corrected chi connectivity index (χ4v) is 3.09. The minimum Gasteiger partial charge on any atom is -0.481 e. The first kappa shape index (κ1) is 18.0. The van der Waals surface area contributed by atoms with E-state index in [0.29, 0.717) is 6.42 Å². The Labute approximate surface area is 127 Å². The van der Waals surface area contributed by atoms with Gasteiger partial charge in [0.15, 0.2) is 0 Å². The number of amides is 1. The maximum Gasteiger partial charge on any atom is 0.305 e. The van der Waals surface area contributed by atoms with Crippen molar-refractivity contribution >= 4 is 11.9 Å². The Kier molecular flexibility index (Phi) is 6.65. The van der Waals surface area contributed by atoms with Crippen molar-refractivity contribution in [2.24, 2.45) is 17.1 Å². The Morgan fingerprint density at radius 1 is 1.24 bits per heavy atom. The van der Waals surface area contributed by atoms with Crippen LogP contribution in [0.25, 0.3) is 0 Å². The van der Waals surface area contributed by atoms with Crippen LogP contribution in [-0.4, -0.2) is 29.1 Å². The van der Waals surface area contributed by atoms with Crippen molar-refractivity contribution in [3.05, 3.63) is 0 Å². The Bertz CT molecular complexity index is 363. The Morgan fingerprint density at radius 3 is 2.43 bits per heavy atom. The second-order valence-corrected chi connectivity index (χ2v) is 7.48. The Hall–Kier alpha value is -1.10. The number of carboxylic acids is 1. The fourth-order valence-electron chi connectivity index (χ4n) is 3.09. The molecular formula is C16H30N2O3. The van der Waals surface area contributed by atoms with Crippen LogP contribution in [0.1, 0.15) is 65.7 Å². The van der Waals surface area contributed by atoms with Crippen LogP contribution in [0.3, 0.4) is 0 Å². The predicted molar refractivity (Wildman–Crippen MR) is 82.8 cm³/mol. The molecule has 4 N–H and O–H groups in total. The average Bonchev–Trinajstić information content (AvgIpc) is 2.50. The number of hydrogen-bond acceptors (Lipinski definition) is 3. The van der Waals surface area contributed by atoms with Crippen LogP contribution >= 0.6 is 0 Å². The number of carboxylic acid groups (broad SMARTS) is 1. The molecule has 1 aliphatic rings. The van der Waals surface area contributed by atoms with E-state index < -0.39 is 5.97 Å². The molecule has 0 radical (unpaired) electrons. The van der Waals surface area contributed by atoms with E-state index in [2.05, 4.69) is 5.32 Å². The van der Waals surface area contributed by atoms with Gasteiger partial charge in [0.1, 0.15) is 0 Å². The summed E-state index contributed by atoms with van der Waals surface area (Å²) in [5, 5.41) is 12.0. The van der Waals surface area contributed by atoms with Gasteiger partial charge in [-0.3, -0.25) is 9.59 Å². The number of carbonyl (C=O) groups is 2. The molecule has 1 saturated carbocycles. The predicted octanol–water partition coefficient (Wildman–Crippen LogP) is 2.29. The molecule has 0 aromatic heterocycles. The van der Waals surface area contributed by atoms with Crippen molar-refractivity contribution in [1.29, 1.82) is 0 Å². The molecule has 1 fully saturated rings. The first-order valence-corrected chi connectivity index (χ1v) is 7.97. The van der Waals surface area contributed by atoms with E-state index in [1.807, 2.05) is 20.8 Å². The zero-order valence-electron chi connectivity index (χ0n) is 13.5. The summed E-state index contributed by atoms with van der Waals surface area (Å²) in [6, 6.07) is -0.432. The normalized spacial score (nSPS) is 25.0. The minimum atomic E-state index is -0.880. The van der Waals surface area contributed by atoms with Gasteiger partial charge in [0.05, 0.1) is 12.3 Å². The third-order valence-electron chi connectivity index (χ3n) is 4.03. The number of aliphatic carboxylic acids is 1. The van der Waals surface area contributed by atoms with E-state index in [9.17, 15) is 9.59 Å². The molecule has 0 bridgehead atoms. The van der Waals surface area contributed by atoms with Crippen molar-refractivity contribution in [1.82, 2.24) is 5.32 Å². The van der Waals surface area contributed by atoms with Gasteiger partial charge in [-0.1, -0.05) is 40.0 Å². The molecule has 0 heterocycles. The van der Waals surface area contributed by atoms with Gasteiger partial charge in [-0.05, 0) is 24.7 Å². The third kappa shape index (κ3) is 6.93. The van der Waals surface area contributed by atoms with Gasteiger partial charge in [0.2, 0.25) is 5.91 Å². The molecule has 5 heteroatoms. The zero-order chi connectivity index (χ0) is 16.0. The quantitative estimate of drug-likeness (QED) is 0.679. The van der Waals surface area contributed by atoms with Crippen molar-refractivity contribution in [2.75, 3.05) is 0 Å². The Morgan fingerprint density at radius 2 is 1.86 bits per heavy atom. The van der Waals surface area contributed by atoms with Crippen molar-refractivity contribution in [2.45, 2.75) is 77.8 Å². The highest BCUT2D eigenvalue weighted by Crippen LogP contribution is 2.25. The van der Waals surface area contributed by atoms with E-state index >= 15 is 0 Å². The summed E-state index contributed by atoms with van der Waals surface area (Å²) < 4.78 is 0. The van der Waals surface area contributed by atoms with Gasteiger partial charge < -0.3 is 16.2 Å². The average molecular weight is 298 g/mol. The molecule has 1 amide bonds. The highest BCUT2D eigenvalue weighted by molar-refractivity contribution is 5.80. The molecule has 3 unspecified atom stereocenters. The highest BCUT2D eigenvalue weighted by atomic mass is 16.4. The van der Waals surface area contributed by atoms with E-state index in [1.165, 1.54) is 0 Å². The van der Waals surface area contributed by atoms with Crippen LogP contribution in [0.4, 0.5) is 0 Å². The van der Waals surface area contributed by atoms with Gasteiger partial charge >= 0.3 is 5.97 Å². The molecule has 0 aromatic carbocycles. The maximum atomic E-state index is 12.5. The highest BCUT2D eigenvalue weighted by Gasteiger charge is 2.30. The number of rotatable bonds is 5. The summed E-state index contributed by atoms with van der Waals surface area (Å²) in [5.74, 6) is -1.13. The molecule has 0 aliphatic heterocycles. The molecule has 3 atom stereocenters. The first-order valence-electron chi connectivity index (χ1n) is 7.97. The standard InChI is InChI=1S/C16H30N2O3/c1-16(2,3)10-11(9-14(19)20)18-15(21)12-7-5-4-6-8-13(12)17/h11-13H,4-10,17H2,1-3H3,(H,18,21)(H,19,20). The lowest BCUT2D eigenvalue weighted by atomic mass is 9.86. The number of hydrogen-bond donors (Lipinski definition) is 3. The van der Waals surface area contributed by atoms with Crippen molar-refractivity contribution in [3.63, 3.8) is 0 Å². The maximum absolute atomic E-state index is 12.5. The largest absolute Gasteiger partial charge is 0.481 e. The van der Waals surface area contributed by atoms with Gasteiger partial charge in [-0.25, -0.2) is 0 Å². The molecule has 0 saturated heterocycles. The summed E-state index contributed by atoms with van der Waals surface area (Å²) in [6.07, 6.45) is 5.51. The van der Waals surface area contributed by atoms with Crippen LogP contribution in [0, 0.1) is 11.3 Å². The lowest BCUT2D eigenvalue weighted by Crippen LogP contribution is -2.46. The summed E-state index contributed by atoms with van der Waals surface area (Å²) in [5.41, 5.74) is 6.08. The van der Waals surface area contributed by atoms with E-state index in [1.54, 1.807) is 0 Å². The molecule has 5 nitrogen and oxygen atoms in total. The van der Waals surface area contributed by atoms with E-state index in [-0.39, 0.29) is 35.7 Å². The van der Waals surface area contributed by atoms with Gasteiger partial charge in [-0.15, -0.1) is 0 Å². The van der Waals surface area contributed by atoms with E-state index in [0.717, 1.165) is 32.1 Å². The summed E-state index contributed by atoms with van der Waals surface area (Å²) in [6.45, 7) is 6.14.